The van der Waals surface area contributed by atoms with Crippen molar-refractivity contribution in [2.75, 3.05) is 19.7 Å². The number of morpholine rings is 1. The number of rotatable bonds is 3. The summed E-state index contributed by atoms with van der Waals surface area (Å²) in [4.78, 5) is 14.4. The molecule has 0 aromatic heterocycles. The molecular weight excluding hydrogens is 300 g/mol. The molecule has 3 atom stereocenters. The van der Waals surface area contributed by atoms with Crippen molar-refractivity contribution in [1.29, 1.82) is 0 Å². The molecule has 1 saturated heterocycles. The molecule has 1 aliphatic heterocycles. The third-order valence-electron chi connectivity index (χ3n) is 4.75. The molecule has 2 fully saturated rings. The van der Waals surface area contributed by atoms with Gasteiger partial charge in [-0.25, -0.2) is 0 Å². The average molecular weight is 325 g/mol. The summed E-state index contributed by atoms with van der Waals surface area (Å²) in [6.45, 7) is 1.97. The van der Waals surface area contributed by atoms with Crippen LogP contribution in [0.3, 0.4) is 0 Å². The fourth-order valence-electron chi connectivity index (χ4n) is 3.42. The fraction of sp³-hybridized carbons (Fsp3) is 0.588. The first-order valence-electron chi connectivity index (χ1n) is 7.94. The third kappa shape index (κ3) is 4.00. The van der Waals surface area contributed by atoms with E-state index < -0.39 is 0 Å². The first kappa shape index (κ1) is 17.3. The van der Waals surface area contributed by atoms with Gasteiger partial charge in [-0.3, -0.25) is 4.79 Å². The second-order valence-electron chi connectivity index (χ2n) is 6.17. The largest absolute Gasteiger partial charge is 0.370 e. The molecule has 2 aliphatic rings. The van der Waals surface area contributed by atoms with Gasteiger partial charge in [-0.2, -0.15) is 0 Å². The molecule has 3 rings (SSSR count). The van der Waals surface area contributed by atoms with E-state index in [1.165, 1.54) is 0 Å². The van der Waals surface area contributed by atoms with Gasteiger partial charge < -0.3 is 15.4 Å². The van der Waals surface area contributed by atoms with E-state index >= 15 is 0 Å². The zero-order valence-electron chi connectivity index (χ0n) is 12.8. The normalized spacial score (nSPS) is 28.2. The van der Waals surface area contributed by atoms with Crippen molar-refractivity contribution in [1.82, 2.24) is 4.90 Å². The van der Waals surface area contributed by atoms with E-state index in [2.05, 4.69) is 12.1 Å². The second kappa shape index (κ2) is 7.95. The van der Waals surface area contributed by atoms with Crippen molar-refractivity contribution >= 4 is 18.3 Å². The lowest BCUT2D eigenvalue weighted by Crippen LogP contribution is -2.43. The maximum atomic E-state index is 12.5. The van der Waals surface area contributed by atoms with Crippen molar-refractivity contribution in [3.63, 3.8) is 0 Å². The van der Waals surface area contributed by atoms with E-state index in [9.17, 15) is 4.79 Å². The van der Waals surface area contributed by atoms with Crippen molar-refractivity contribution in [2.24, 2.45) is 11.7 Å². The molecule has 22 heavy (non-hydrogen) atoms. The molecule has 1 aromatic rings. The second-order valence-corrected chi connectivity index (χ2v) is 6.17. The molecule has 1 amide bonds. The number of hydrogen-bond donors (Lipinski definition) is 1. The van der Waals surface area contributed by atoms with Crippen LogP contribution in [0.25, 0.3) is 0 Å². The van der Waals surface area contributed by atoms with Crippen LogP contribution in [0.1, 0.15) is 37.4 Å². The van der Waals surface area contributed by atoms with Gasteiger partial charge in [0.1, 0.15) is 6.10 Å². The molecule has 2 N–H and O–H groups in total. The topological polar surface area (TPSA) is 55.6 Å². The number of nitrogens with zero attached hydrogens (tertiary/aromatic N) is 1. The number of amides is 1. The summed E-state index contributed by atoms with van der Waals surface area (Å²) in [5.74, 6) is 0.608. The first-order valence-corrected chi connectivity index (χ1v) is 7.94. The van der Waals surface area contributed by atoms with Crippen LogP contribution in [0.5, 0.6) is 0 Å². The summed E-state index contributed by atoms with van der Waals surface area (Å²) < 4.78 is 5.82. The number of nitrogens with two attached hydrogens (primary N) is 1. The Bertz CT molecular complexity index is 483. The standard InChI is InChI=1S/C17H24N2O2.ClH/c18-15-8-4-7-14(15)11-17(20)19-9-10-21-16(12-19)13-5-2-1-3-6-13;/h1-3,5-6,14-16H,4,7-12,18H2;1H/t14-,15+,16?;/m0./s1. The van der Waals surface area contributed by atoms with Crippen LogP contribution in [0.15, 0.2) is 30.3 Å². The van der Waals surface area contributed by atoms with Gasteiger partial charge in [0.2, 0.25) is 5.91 Å². The molecule has 122 valence electrons. The number of ether oxygens (including phenoxy) is 1. The Morgan fingerprint density at radius 3 is 2.73 bits per heavy atom. The Hall–Kier alpha value is -1.10. The number of halogens is 1. The van der Waals surface area contributed by atoms with Crippen LogP contribution in [0.2, 0.25) is 0 Å². The predicted molar refractivity (Wildman–Crippen MR) is 88.9 cm³/mol. The number of carbonyl (C=O) groups is 1. The molecule has 0 bridgehead atoms. The maximum Gasteiger partial charge on any atom is 0.223 e. The van der Waals surface area contributed by atoms with Gasteiger partial charge in [0, 0.05) is 19.0 Å². The fourth-order valence-corrected chi connectivity index (χ4v) is 3.42. The highest BCUT2D eigenvalue weighted by Gasteiger charge is 2.30. The highest BCUT2D eigenvalue weighted by molar-refractivity contribution is 5.85. The molecule has 1 aromatic carbocycles. The van der Waals surface area contributed by atoms with E-state index in [-0.39, 0.29) is 30.5 Å². The molecule has 1 aliphatic carbocycles. The first-order chi connectivity index (χ1) is 10.2. The zero-order valence-corrected chi connectivity index (χ0v) is 13.6. The predicted octanol–water partition coefficient (Wildman–Crippen LogP) is 2.53. The van der Waals surface area contributed by atoms with Gasteiger partial charge in [0.25, 0.3) is 0 Å². The Morgan fingerprint density at radius 2 is 2.05 bits per heavy atom. The van der Waals surface area contributed by atoms with Gasteiger partial charge in [-0.05, 0) is 24.3 Å². The Balaban J connectivity index is 0.00000176. The summed E-state index contributed by atoms with van der Waals surface area (Å²) in [6.07, 6.45) is 3.92. The smallest absolute Gasteiger partial charge is 0.223 e. The van der Waals surface area contributed by atoms with Gasteiger partial charge in [0.15, 0.2) is 0 Å². The van der Waals surface area contributed by atoms with E-state index in [0.717, 1.165) is 24.8 Å². The number of carbonyl (C=O) groups excluding carboxylic acids is 1. The van der Waals surface area contributed by atoms with Gasteiger partial charge >= 0.3 is 0 Å². The average Bonchev–Trinajstić information content (AvgIpc) is 2.93. The highest BCUT2D eigenvalue weighted by Crippen LogP contribution is 2.28. The minimum Gasteiger partial charge on any atom is -0.370 e. The summed E-state index contributed by atoms with van der Waals surface area (Å²) in [5, 5.41) is 0. The number of hydrogen-bond acceptors (Lipinski definition) is 3. The van der Waals surface area contributed by atoms with Gasteiger partial charge in [-0.15, -0.1) is 12.4 Å². The van der Waals surface area contributed by atoms with Crippen LogP contribution in [0, 0.1) is 5.92 Å². The van der Waals surface area contributed by atoms with E-state index in [4.69, 9.17) is 10.5 Å². The summed E-state index contributed by atoms with van der Waals surface area (Å²) in [6, 6.07) is 10.3. The Labute approximate surface area is 138 Å². The minimum atomic E-state index is 0. The molecule has 1 saturated carbocycles. The molecule has 1 heterocycles. The van der Waals surface area contributed by atoms with Crippen molar-refractivity contribution in [3.05, 3.63) is 35.9 Å². The van der Waals surface area contributed by atoms with Crippen LogP contribution in [0.4, 0.5) is 0 Å². The number of benzene rings is 1. The molecular formula is C17H25ClN2O2. The molecule has 0 spiro atoms. The highest BCUT2D eigenvalue weighted by atomic mass is 35.5. The summed E-state index contributed by atoms with van der Waals surface area (Å²) in [5.41, 5.74) is 7.23. The Kier molecular flexibility index (Phi) is 6.24. The van der Waals surface area contributed by atoms with E-state index in [1.54, 1.807) is 0 Å². The quantitative estimate of drug-likeness (QED) is 0.929. The van der Waals surface area contributed by atoms with Gasteiger partial charge in [-0.1, -0.05) is 36.8 Å². The van der Waals surface area contributed by atoms with Crippen LogP contribution >= 0.6 is 12.4 Å². The molecule has 0 radical (unpaired) electrons. The summed E-state index contributed by atoms with van der Waals surface area (Å²) in [7, 11) is 0. The molecule has 4 nitrogen and oxygen atoms in total. The van der Waals surface area contributed by atoms with Crippen LogP contribution < -0.4 is 5.73 Å². The minimum absolute atomic E-state index is 0. The van der Waals surface area contributed by atoms with Gasteiger partial charge in [0.05, 0.1) is 13.2 Å². The van der Waals surface area contributed by atoms with Crippen molar-refractivity contribution < 1.29 is 9.53 Å². The van der Waals surface area contributed by atoms with Crippen LogP contribution in [-0.4, -0.2) is 36.5 Å². The van der Waals surface area contributed by atoms with E-state index in [0.29, 0.717) is 32.0 Å². The van der Waals surface area contributed by atoms with Crippen LogP contribution in [-0.2, 0) is 9.53 Å². The van der Waals surface area contributed by atoms with Crippen molar-refractivity contribution in [2.45, 2.75) is 37.8 Å². The molecule has 5 heteroatoms. The molecule has 1 unspecified atom stereocenters. The lowest BCUT2D eigenvalue weighted by molar-refractivity contribution is -0.140. The maximum absolute atomic E-state index is 12.5. The summed E-state index contributed by atoms with van der Waals surface area (Å²) >= 11 is 0. The lowest BCUT2D eigenvalue weighted by atomic mass is 9.99. The van der Waals surface area contributed by atoms with Crippen molar-refractivity contribution in [3.8, 4) is 0 Å². The monoisotopic (exact) mass is 324 g/mol. The SMILES string of the molecule is Cl.N[C@@H]1CCC[C@H]1CC(=O)N1CCOC(c2ccccc2)C1. The third-order valence-corrected chi connectivity index (χ3v) is 4.75. The van der Waals surface area contributed by atoms with E-state index in [1.807, 2.05) is 23.1 Å². The lowest BCUT2D eigenvalue weighted by Gasteiger charge is -2.34. The Morgan fingerprint density at radius 1 is 1.27 bits per heavy atom. The zero-order chi connectivity index (χ0) is 14.7.